The van der Waals surface area contributed by atoms with Gasteiger partial charge < -0.3 is 14.8 Å². The van der Waals surface area contributed by atoms with E-state index in [1.54, 1.807) is 32.9 Å². The van der Waals surface area contributed by atoms with E-state index in [0.29, 0.717) is 26.9 Å². The number of ether oxygens (including phenoxy) is 2. The molecule has 0 spiro atoms. The van der Waals surface area contributed by atoms with Crippen LogP contribution in [0.3, 0.4) is 0 Å². The monoisotopic (exact) mass is 424 g/mol. The summed E-state index contributed by atoms with van der Waals surface area (Å²) >= 11 is 6.97. The smallest absolute Gasteiger partial charge is 0.350 e. The lowest BCUT2D eigenvalue weighted by Gasteiger charge is -2.08. The molecule has 0 atom stereocenters. The molecule has 28 heavy (non-hydrogen) atoms. The third kappa shape index (κ3) is 5.77. The SMILES string of the molecule is COc1ccc(Cl)cc1C(=O)CCC(=O)Nc1nc(C)c(C(=O)OC(C)C)s1. The van der Waals surface area contributed by atoms with E-state index >= 15 is 0 Å². The van der Waals surface area contributed by atoms with Gasteiger partial charge in [-0.15, -0.1) is 0 Å². The molecule has 2 aromatic rings. The Bertz CT molecular complexity index is 894. The first-order chi connectivity index (χ1) is 13.2. The Morgan fingerprint density at radius 2 is 1.96 bits per heavy atom. The molecule has 0 bridgehead atoms. The van der Waals surface area contributed by atoms with Crippen molar-refractivity contribution in [1.82, 2.24) is 4.98 Å². The predicted molar refractivity (Wildman–Crippen MR) is 108 cm³/mol. The second-order valence-electron chi connectivity index (χ2n) is 6.20. The predicted octanol–water partition coefficient (Wildman–Crippen LogP) is 4.28. The van der Waals surface area contributed by atoms with Crippen molar-refractivity contribution in [2.45, 2.75) is 39.7 Å². The minimum absolute atomic E-state index is 0.0187. The Balaban J connectivity index is 1.97. The maximum Gasteiger partial charge on any atom is 0.350 e. The number of anilines is 1. The van der Waals surface area contributed by atoms with Gasteiger partial charge in [-0.05, 0) is 39.0 Å². The first kappa shape index (κ1) is 21.8. The molecule has 1 heterocycles. The van der Waals surface area contributed by atoms with Crippen LogP contribution in [0.5, 0.6) is 5.75 Å². The number of carbonyl (C=O) groups excluding carboxylic acids is 3. The summed E-state index contributed by atoms with van der Waals surface area (Å²) in [7, 11) is 1.46. The van der Waals surface area contributed by atoms with Crippen molar-refractivity contribution in [1.29, 1.82) is 0 Å². The van der Waals surface area contributed by atoms with Crippen LogP contribution in [0.1, 0.15) is 52.4 Å². The van der Waals surface area contributed by atoms with Gasteiger partial charge in [-0.25, -0.2) is 9.78 Å². The largest absolute Gasteiger partial charge is 0.496 e. The molecule has 150 valence electrons. The van der Waals surface area contributed by atoms with E-state index in [0.717, 1.165) is 11.3 Å². The standard InChI is InChI=1S/C19H21ClN2O5S/c1-10(2)27-18(25)17-11(3)21-19(28-17)22-16(24)8-6-14(23)13-9-12(20)5-7-15(13)26-4/h5,7,9-10H,6,8H2,1-4H3,(H,21,22,24). The van der Waals surface area contributed by atoms with Gasteiger partial charge >= 0.3 is 5.97 Å². The average molecular weight is 425 g/mol. The highest BCUT2D eigenvalue weighted by Crippen LogP contribution is 2.26. The quantitative estimate of drug-likeness (QED) is 0.502. The average Bonchev–Trinajstić information content (AvgIpc) is 2.99. The van der Waals surface area contributed by atoms with Crippen LogP contribution in [0.15, 0.2) is 18.2 Å². The fourth-order valence-corrected chi connectivity index (χ4v) is 3.39. The van der Waals surface area contributed by atoms with E-state index in [4.69, 9.17) is 21.1 Å². The third-order valence-corrected chi connectivity index (χ3v) is 4.90. The Labute approximate surface area is 172 Å². The van der Waals surface area contributed by atoms with Crippen molar-refractivity contribution < 1.29 is 23.9 Å². The van der Waals surface area contributed by atoms with Gasteiger partial charge in [-0.2, -0.15) is 0 Å². The number of aryl methyl sites for hydroxylation is 1. The summed E-state index contributed by atoms with van der Waals surface area (Å²) in [6.07, 6.45) is -0.310. The molecule has 1 aromatic carbocycles. The number of amides is 1. The van der Waals surface area contributed by atoms with Crippen molar-refractivity contribution in [2.24, 2.45) is 0 Å². The Kier molecular flexibility index (Phi) is 7.53. The molecule has 0 saturated carbocycles. The minimum atomic E-state index is -0.478. The fourth-order valence-electron chi connectivity index (χ4n) is 2.35. The van der Waals surface area contributed by atoms with Gasteiger partial charge in [0.05, 0.1) is 24.5 Å². The highest BCUT2D eigenvalue weighted by atomic mass is 35.5. The minimum Gasteiger partial charge on any atom is -0.496 e. The van der Waals surface area contributed by atoms with Crippen LogP contribution in [0.4, 0.5) is 5.13 Å². The molecule has 0 aliphatic carbocycles. The van der Waals surface area contributed by atoms with E-state index in [9.17, 15) is 14.4 Å². The van der Waals surface area contributed by atoms with Gasteiger partial charge in [0, 0.05) is 17.9 Å². The maximum atomic E-state index is 12.4. The van der Waals surface area contributed by atoms with Crippen molar-refractivity contribution in [2.75, 3.05) is 12.4 Å². The molecule has 7 nitrogen and oxygen atoms in total. The van der Waals surface area contributed by atoms with Crippen LogP contribution in [-0.4, -0.2) is 35.9 Å². The number of halogens is 1. The number of nitrogens with zero attached hydrogens (tertiary/aromatic N) is 1. The molecule has 1 amide bonds. The molecular formula is C19H21ClN2O5S. The van der Waals surface area contributed by atoms with Crippen LogP contribution in [0, 0.1) is 6.92 Å². The fraction of sp³-hybridized carbons (Fsp3) is 0.368. The molecule has 1 N–H and O–H groups in total. The lowest BCUT2D eigenvalue weighted by molar-refractivity contribution is -0.116. The lowest BCUT2D eigenvalue weighted by atomic mass is 10.1. The van der Waals surface area contributed by atoms with E-state index in [-0.39, 0.29) is 35.8 Å². The highest BCUT2D eigenvalue weighted by Gasteiger charge is 2.20. The summed E-state index contributed by atoms with van der Waals surface area (Å²) in [5.41, 5.74) is 0.803. The summed E-state index contributed by atoms with van der Waals surface area (Å²) in [6.45, 7) is 5.17. The van der Waals surface area contributed by atoms with Crippen LogP contribution in [0.2, 0.25) is 5.02 Å². The molecule has 0 radical (unpaired) electrons. The number of thiazole rings is 1. The Morgan fingerprint density at radius 3 is 2.61 bits per heavy atom. The molecule has 0 saturated heterocycles. The van der Waals surface area contributed by atoms with Gasteiger partial charge in [-0.1, -0.05) is 22.9 Å². The van der Waals surface area contributed by atoms with Crippen molar-refractivity contribution in [3.63, 3.8) is 0 Å². The number of methoxy groups -OCH3 is 1. The van der Waals surface area contributed by atoms with Gasteiger partial charge in [0.1, 0.15) is 10.6 Å². The molecule has 0 aliphatic rings. The molecule has 0 unspecified atom stereocenters. The normalized spacial score (nSPS) is 10.6. The first-order valence-corrected chi connectivity index (χ1v) is 9.75. The number of carbonyl (C=O) groups is 3. The molecule has 0 aliphatic heterocycles. The summed E-state index contributed by atoms with van der Waals surface area (Å²) in [4.78, 5) is 41.1. The summed E-state index contributed by atoms with van der Waals surface area (Å²) in [5, 5.41) is 3.30. The molecule has 2 rings (SSSR count). The van der Waals surface area contributed by atoms with Crippen LogP contribution < -0.4 is 10.1 Å². The Morgan fingerprint density at radius 1 is 1.25 bits per heavy atom. The van der Waals surface area contributed by atoms with Crippen LogP contribution in [-0.2, 0) is 9.53 Å². The summed E-state index contributed by atoms with van der Waals surface area (Å²) < 4.78 is 10.3. The number of rotatable bonds is 8. The van der Waals surface area contributed by atoms with E-state index in [2.05, 4.69) is 10.3 Å². The lowest BCUT2D eigenvalue weighted by Crippen LogP contribution is -2.13. The zero-order valence-corrected chi connectivity index (χ0v) is 17.6. The second-order valence-corrected chi connectivity index (χ2v) is 7.64. The van der Waals surface area contributed by atoms with Gasteiger partial charge in [0.2, 0.25) is 5.91 Å². The van der Waals surface area contributed by atoms with Crippen molar-refractivity contribution in [3.05, 3.63) is 39.4 Å². The number of hydrogen-bond acceptors (Lipinski definition) is 7. The number of Topliss-reactive ketones (excluding diaryl/α,β-unsaturated/α-hetero) is 1. The number of hydrogen-bond donors (Lipinski definition) is 1. The molecular weight excluding hydrogens is 404 g/mol. The van der Waals surface area contributed by atoms with Gasteiger partial charge in [0.15, 0.2) is 10.9 Å². The molecule has 9 heteroatoms. The number of esters is 1. The van der Waals surface area contributed by atoms with Gasteiger partial charge in [0.25, 0.3) is 0 Å². The number of benzene rings is 1. The van der Waals surface area contributed by atoms with E-state index in [1.807, 2.05) is 0 Å². The van der Waals surface area contributed by atoms with Crippen molar-refractivity contribution in [3.8, 4) is 5.75 Å². The zero-order chi connectivity index (χ0) is 20.8. The van der Waals surface area contributed by atoms with Crippen molar-refractivity contribution >= 4 is 45.7 Å². The topological polar surface area (TPSA) is 94.6 Å². The number of aromatic nitrogens is 1. The van der Waals surface area contributed by atoms with Gasteiger partial charge in [-0.3, -0.25) is 9.59 Å². The van der Waals surface area contributed by atoms with E-state index in [1.165, 1.54) is 13.2 Å². The van der Waals surface area contributed by atoms with Crippen LogP contribution in [0.25, 0.3) is 0 Å². The second kappa shape index (κ2) is 9.66. The first-order valence-electron chi connectivity index (χ1n) is 8.56. The number of ketones is 1. The third-order valence-electron chi connectivity index (χ3n) is 3.61. The van der Waals surface area contributed by atoms with E-state index < -0.39 is 5.97 Å². The Hall–Kier alpha value is -2.45. The summed E-state index contributed by atoms with van der Waals surface area (Å²) in [6, 6.07) is 4.74. The number of nitrogens with one attached hydrogen (secondary N) is 1. The summed E-state index contributed by atoms with van der Waals surface area (Å²) in [5.74, 6) is -0.717. The maximum absolute atomic E-state index is 12.4. The molecule has 0 fully saturated rings. The highest BCUT2D eigenvalue weighted by molar-refractivity contribution is 7.17. The van der Waals surface area contributed by atoms with Crippen LogP contribution >= 0.6 is 22.9 Å². The molecule has 1 aromatic heterocycles. The zero-order valence-electron chi connectivity index (χ0n) is 16.0.